The smallest absolute Gasteiger partial charge is 0.276 e. The van der Waals surface area contributed by atoms with Crippen molar-refractivity contribution in [1.82, 2.24) is 0 Å². The van der Waals surface area contributed by atoms with Crippen molar-refractivity contribution in [1.29, 1.82) is 5.26 Å². The summed E-state index contributed by atoms with van der Waals surface area (Å²) in [5.74, 6) is -0.195. The van der Waals surface area contributed by atoms with Gasteiger partial charge in [-0.3, -0.25) is 14.9 Å². The summed E-state index contributed by atoms with van der Waals surface area (Å²) in [4.78, 5) is 22.3. The Morgan fingerprint density at radius 3 is 2.79 bits per heavy atom. The van der Waals surface area contributed by atoms with E-state index < -0.39 is 10.8 Å². The van der Waals surface area contributed by atoms with E-state index in [-0.39, 0.29) is 23.1 Å². The average molecular weight is 346 g/mol. The van der Waals surface area contributed by atoms with Crippen LogP contribution in [0.1, 0.15) is 11.1 Å². The van der Waals surface area contributed by atoms with Crippen LogP contribution >= 0.6 is 11.6 Å². The van der Waals surface area contributed by atoms with E-state index in [1.54, 1.807) is 19.1 Å². The molecule has 122 valence electrons. The molecule has 0 spiro atoms. The number of carbonyl (C=O) groups is 1. The number of nitrogens with one attached hydrogen (secondary N) is 1. The van der Waals surface area contributed by atoms with Crippen molar-refractivity contribution in [2.24, 2.45) is 0 Å². The third-order valence-electron chi connectivity index (χ3n) is 3.18. The minimum absolute atomic E-state index is 0.0771. The molecule has 2 aromatic rings. The van der Waals surface area contributed by atoms with Crippen LogP contribution in [-0.4, -0.2) is 17.4 Å². The third-order valence-corrected chi connectivity index (χ3v) is 3.50. The molecule has 0 aromatic heterocycles. The second kappa shape index (κ2) is 7.44. The van der Waals surface area contributed by atoms with Crippen LogP contribution in [0.4, 0.5) is 11.4 Å². The molecule has 7 nitrogen and oxygen atoms in total. The topological polar surface area (TPSA) is 105 Å². The zero-order chi connectivity index (χ0) is 17.7. The number of benzene rings is 2. The predicted molar refractivity (Wildman–Crippen MR) is 88.1 cm³/mol. The Kier molecular flexibility index (Phi) is 5.35. The zero-order valence-electron chi connectivity index (χ0n) is 12.6. The molecule has 1 N–H and O–H groups in total. The van der Waals surface area contributed by atoms with Gasteiger partial charge in [-0.1, -0.05) is 17.7 Å². The van der Waals surface area contributed by atoms with Crippen LogP contribution in [-0.2, 0) is 4.79 Å². The normalized spacial score (nSPS) is 9.88. The van der Waals surface area contributed by atoms with Gasteiger partial charge in [0.25, 0.3) is 11.6 Å². The van der Waals surface area contributed by atoms with E-state index in [9.17, 15) is 14.9 Å². The second-order valence-electron chi connectivity index (χ2n) is 4.80. The maximum absolute atomic E-state index is 11.9. The first-order valence-electron chi connectivity index (χ1n) is 6.78. The Morgan fingerprint density at radius 2 is 2.17 bits per heavy atom. The number of nitrogens with zero attached hydrogens (tertiary/aromatic N) is 2. The number of rotatable bonds is 5. The molecule has 1 amide bonds. The zero-order valence-corrected chi connectivity index (χ0v) is 13.3. The molecule has 0 fully saturated rings. The average Bonchev–Trinajstić information content (AvgIpc) is 2.54. The van der Waals surface area contributed by atoms with Crippen molar-refractivity contribution in [3.63, 3.8) is 0 Å². The molecule has 0 radical (unpaired) electrons. The highest BCUT2D eigenvalue weighted by molar-refractivity contribution is 6.32. The summed E-state index contributed by atoms with van der Waals surface area (Å²) < 4.78 is 5.33. The number of hydrogen-bond donors (Lipinski definition) is 1. The number of anilines is 1. The lowest BCUT2D eigenvalue weighted by molar-refractivity contribution is -0.385. The van der Waals surface area contributed by atoms with E-state index in [0.29, 0.717) is 16.8 Å². The fourth-order valence-electron chi connectivity index (χ4n) is 1.98. The van der Waals surface area contributed by atoms with Gasteiger partial charge in [0.1, 0.15) is 11.8 Å². The van der Waals surface area contributed by atoms with Crippen molar-refractivity contribution in [3.05, 3.63) is 62.7 Å². The van der Waals surface area contributed by atoms with E-state index in [2.05, 4.69) is 5.32 Å². The van der Waals surface area contributed by atoms with E-state index in [1.165, 1.54) is 24.3 Å². The molecule has 0 aliphatic carbocycles. The Hall–Kier alpha value is -3.11. The Bertz CT molecular complexity index is 846. The van der Waals surface area contributed by atoms with Crippen LogP contribution in [0, 0.1) is 28.4 Å². The molecule has 0 bridgehead atoms. The molecule has 2 aromatic carbocycles. The van der Waals surface area contributed by atoms with Gasteiger partial charge in [0, 0.05) is 11.8 Å². The molecular weight excluding hydrogens is 334 g/mol. The highest BCUT2D eigenvalue weighted by Gasteiger charge is 2.15. The molecule has 0 unspecified atom stereocenters. The molecular formula is C16H12ClN3O4. The number of nitro groups is 1. The maximum atomic E-state index is 11.9. The summed E-state index contributed by atoms with van der Waals surface area (Å²) in [5, 5.41) is 22.5. The highest BCUT2D eigenvalue weighted by atomic mass is 35.5. The SMILES string of the molecule is Cc1c(OCC(=O)Nc2ccc(C#N)c(Cl)c2)cccc1[N+](=O)[O-]. The monoisotopic (exact) mass is 345 g/mol. The Morgan fingerprint density at radius 1 is 1.42 bits per heavy atom. The number of carbonyl (C=O) groups excluding carboxylic acids is 1. The van der Waals surface area contributed by atoms with Gasteiger partial charge in [-0.15, -0.1) is 0 Å². The van der Waals surface area contributed by atoms with Gasteiger partial charge in [-0.25, -0.2) is 0 Å². The first-order chi connectivity index (χ1) is 11.4. The third kappa shape index (κ3) is 4.00. The lowest BCUT2D eigenvalue weighted by atomic mass is 10.2. The van der Waals surface area contributed by atoms with Gasteiger partial charge in [0.05, 0.1) is 21.1 Å². The van der Waals surface area contributed by atoms with Gasteiger partial charge in [-0.2, -0.15) is 5.26 Å². The minimum Gasteiger partial charge on any atom is -0.483 e. The van der Waals surface area contributed by atoms with Crippen molar-refractivity contribution >= 4 is 28.9 Å². The molecule has 0 saturated heterocycles. The summed E-state index contributed by atoms with van der Waals surface area (Å²) in [6.07, 6.45) is 0. The quantitative estimate of drug-likeness (QED) is 0.660. The number of halogens is 1. The molecule has 24 heavy (non-hydrogen) atoms. The van der Waals surface area contributed by atoms with Crippen LogP contribution in [0.2, 0.25) is 5.02 Å². The second-order valence-corrected chi connectivity index (χ2v) is 5.21. The van der Waals surface area contributed by atoms with Crippen LogP contribution in [0.3, 0.4) is 0 Å². The van der Waals surface area contributed by atoms with E-state index in [4.69, 9.17) is 21.6 Å². The minimum atomic E-state index is -0.513. The Balaban J connectivity index is 2.02. The van der Waals surface area contributed by atoms with Crippen LogP contribution in [0.25, 0.3) is 0 Å². The number of nitriles is 1. The lowest BCUT2D eigenvalue weighted by Crippen LogP contribution is -2.20. The summed E-state index contributed by atoms with van der Waals surface area (Å²) in [6.45, 7) is 1.23. The van der Waals surface area contributed by atoms with E-state index in [0.717, 1.165) is 0 Å². The van der Waals surface area contributed by atoms with E-state index in [1.807, 2.05) is 6.07 Å². The van der Waals surface area contributed by atoms with Gasteiger partial charge in [0.15, 0.2) is 6.61 Å². The Labute approximate surface area is 142 Å². The molecule has 2 rings (SSSR count). The lowest BCUT2D eigenvalue weighted by Gasteiger charge is -2.10. The largest absolute Gasteiger partial charge is 0.483 e. The predicted octanol–water partition coefficient (Wildman–Crippen LogP) is 3.45. The maximum Gasteiger partial charge on any atom is 0.276 e. The summed E-state index contributed by atoms with van der Waals surface area (Å²) in [7, 11) is 0. The van der Waals surface area contributed by atoms with Gasteiger partial charge < -0.3 is 10.1 Å². The van der Waals surface area contributed by atoms with Crippen LogP contribution in [0.15, 0.2) is 36.4 Å². The van der Waals surface area contributed by atoms with Crippen molar-refractivity contribution in [2.45, 2.75) is 6.92 Å². The van der Waals surface area contributed by atoms with Crippen LogP contribution in [0.5, 0.6) is 5.75 Å². The van der Waals surface area contributed by atoms with Gasteiger partial charge in [0.2, 0.25) is 0 Å². The first-order valence-corrected chi connectivity index (χ1v) is 7.16. The molecule has 0 heterocycles. The van der Waals surface area contributed by atoms with Gasteiger partial charge >= 0.3 is 0 Å². The van der Waals surface area contributed by atoms with Crippen LogP contribution < -0.4 is 10.1 Å². The molecule has 0 saturated carbocycles. The van der Waals surface area contributed by atoms with Gasteiger partial charge in [-0.05, 0) is 31.2 Å². The van der Waals surface area contributed by atoms with Crippen molar-refractivity contribution in [3.8, 4) is 11.8 Å². The highest BCUT2D eigenvalue weighted by Crippen LogP contribution is 2.27. The fraction of sp³-hybridized carbons (Fsp3) is 0.125. The number of ether oxygens (including phenoxy) is 1. The first kappa shape index (κ1) is 17.2. The molecule has 0 atom stereocenters. The van der Waals surface area contributed by atoms with E-state index >= 15 is 0 Å². The molecule has 0 aliphatic heterocycles. The van der Waals surface area contributed by atoms with Crippen molar-refractivity contribution in [2.75, 3.05) is 11.9 Å². The molecule has 8 heteroatoms. The van der Waals surface area contributed by atoms with Crippen molar-refractivity contribution < 1.29 is 14.5 Å². The standard InChI is InChI=1S/C16H12ClN3O4/c1-10-14(20(22)23)3-2-4-15(10)24-9-16(21)19-12-6-5-11(8-18)13(17)7-12/h2-7H,9H2,1H3,(H,19,21). The number of amides is 1. The molecule has 0 aliphatic rings. The summed E-state index contributed by atoms with van der Waals surface area (Å²) >= 11 is 5.88. The fourth-order valence-corrected chi connectivity index (χ4v) is 2.20. The number of nitro benzene ring substituents is 1. The summed E-state index contributed by atoms with van der Waals surface area (Å²) in [6, 6.07) is 10.8. The number of hydrogen-bond acceptors (Lipinski definition) is 5. The summed E-state index contributed by atoms with van der Waals surface area (Å²) in [5.41, 5.74) is 0.991.